The van der Waals surface area contributed by atoms with E-state index in [1.54, 1.807) is 29.2 Å². The lowest BCUT2D eigenvalue weighted by Gasteiger charge is -2.11. The molecule has 140 valence electrons. The quantitative estimate of drug-likeness (QED) is 0.498. The molecular weight excluding hydrogens is 343 g/mol. The van der Waals surface area contributed by atoms with Crippen molar-refractivity contribution >= 4 is 5.96 Å². The first-order valence-electron chi connectivity index (χ1n) is 8.96. The van der Waals surface area contributed by atoms with Gasteiger partial charge in [-0.05, 0) is 54.8 Å². The molecule has 2 aromatic heterocycles. The fourth-order valence-electron chi connectivity index (χ4n) is 2.62. The van der Waals surface area contributed by atoms with Crippen LogP contribution in [-0.2, 0) is 13.0 Å². The first-order valence-corrected chi connectivity index (χ1v) is 8.96. The molecule has 0 unspecified atom stereocenters. The van der Waals surface area contributed by atoms with Crippen molar-refractivity contribution in [2.24, 2.45) is 4.99 Å². The topological polar surface area (TPSA) is 67.1 Å². The van der Waals surface area contributed by atoms with Crippen LogP contribution < -0.4 is 10.6 Å². The van der Waals surface area contributed by atoms with Crippen LogP contribution in [0, 0.1) is 5.82 Å². The Hall–Kier alpha value is -3.22. The van der Waals surface area contributed by atoms with E-state index >= 15 is 0 Å². The number of nitrogens with one attached hydrogen (secondary N) is 2. The maximum absolute atomic E-state index is 13.2. The molecule has 2 N–H and O–H groups in total. The first-order chi connectivity index (χ1) is 13.2. The number of rotatable bonds is 7. The van der Waals surface area contributed by atoms with E-state index in [4.69, 9.17) is 0 Å². The fourth-order valence-corrected chi connectivity index (χ4v) is 2.62. The monoisotopic (exact) mass is 366 g/mol. The van der Waals surface area contributed by atoms with Gasteiger partial charge in [-0.25, -0.2) is 19.0 Å². The third kappa shape index (κ3) is 5.64. The molecule has 27 heavy (non-hydrogen) atoms. The van der Waals surface area contributed by atoms with Gasteiger partial charge in [-0.15, -0.1) is 0 Å². The van der Waals surface area contributed by atoms with Crippen LogP contribution in [-0.4, -0.2) is 33.8 Å². The normalized spacial score (nSPS) is 11.4. The second kappa shape index (κ2) is 9.47. The molecule has 0 amide bonds. The summed E-state index contributed by atoms with van der Waals surface area (Å²) >= 11 is 0. The molecule has 1 aromatic carbocycles. The summed E-state index contributed by atoms with van der Waals surface area (Å²) < 4.78 is 15.0. The SMILES string of the molecule is CCNC(=NCc1ccnc(-n2cccn2)c1)NCCc1cccc(F)c1. The van der Waals surface area contributed by atoms with Crippen molar-refractivity contribution in [1.29, 1.82) is 0 Å². The second-order valence-electron chi connectivity index (χ2n) is 5.97. The van der Waals surface area contributed by atoms with Crippen molar-refractivity contribution < 1.29 is 4.39 Å². The van der Waals surface area contributed by atoms with Crippen molar-refractivity contribution in [2.45, 2.75) is 19.9 Å². The van der Waals surface area contributed by atoms with Crippen molar-refractivity contribution in [1.82, 2.24) is 25.4 Å². The van der Waals surface area contributed by atoms with E-state index in [2.05, 4.69) is 25.7 Å². The molecule has 3 aromatic rings. The largest absolute Gasteiger partial charge is 0.357 e. The van der Waals surface area contributed by atoms with Gasteiger partial charge in [-0.1, -0.05) is 12.1 Å². The summed E-state index contributed by atoms with van der Waals surface area (Å²) in [6.07, 6.45) is 6.05. The van der Waals surface area contributed by atoms with Crippen LogP contribution in [0.5, 0.6) is 0 Å². The van der Waals surface area contributed by atoms with Gasteiger partial charge in [0.15, 0.2) is 11.8 Å². The Morgan fingerprint density at radius 3 is 2.81 bits per heavy atom. The number of aliphatic imine (C=N–C) groups is 1. The summed E-state index contributed by atoms with van der Waals surface area (Å²) in [6, 6.07) is 12.4. The third-order valence-electron chi connectivity index (χ3n) is 3.91. The van der Waals surface area contributed by atoms with Gasteiger partial charge in [-0.3, -0.25) is 0 Å². The lowest BCUT2D eigenvalue weighted by atomic mass is 10.1. The minimum atomic E-state index is -0.209. The summed E-state index contributed by atoms with van der Waals surface area (Å²) in [7, 11) is 0. The summed E-state index contributed by atoms with van der Waals surface area (Å²) in [6.45, 7) is 3.98. The van der Waals surface area contributed by atoms with Gasteiger partial charge >= 0.3 is 0 Å². The molecule has 0 spiro atoms. The molecule has 0 saturated heterocycles. The first kappa shape index (κ1) is 18.6. The number of pyridine rings is 1. The van der Waals surface area contributed by atoms with Crippen LogP contribution in [0.25, 0.3) is 5.82 Å². The molecule has 0 aliphatic heterocycles. The maximum atomic E-state index is 13.2. The zero-order valence-electron chi connectivity index (χ0n) is 15.3. The van der Waals surface area contributed by atoms with E-state index in [0.29, 0.717) is 13.1 Å². The van der Waals surface area contributed by atoms with E-state index in [9.17, 15) is 4.39 Å². The molecule has 0 fully saturated rings. The lowest BCUT2D eigenvalue weighted by Crippen LogP contribution is -2.38. The minimum absolute atomic E-state index is 0.209. The Kier molecular flexibility index (Phi) is 6.51. The van der Waals surface area contributed by atoms with Gasteiger partial charge in [0.1, 0.15) is 5.82 Å². The van der Waals surface area contributed by atoms with Crippen LogP contribution in [0.1, 0.15) is 18.1 Å². The number of aromatic nitrogens is 3. The Morgan fingerprint density at radius 2 is 2.04 bits per heavy atom. The summed E-state index contributed by atoms with van der Waals surface area (Å²) in [5, 5.41) is 10.7. The molecule has 2 heterocycles. The zero-order chi connectivity index (χ0) is 18.9. The van der Waals surface area contributed by atoms with Crippen molar-refractivity contribution in [2.75, 3.05) is 13.1 Å². The number of hydrogen-bond acceptors (Lipinski definition) is 3. The Labute approximate surface area is 158 Å². The van der Waals surface area contributed by atoms with Crippen molar-refractivity contribution in [3.63, 3.8) is 0 Å². The van der Waals surface area contributed by atoms with Gasteiger partial charge in [0.25, 0.3) is 0 Å². The van der Waals surface area contributed by atoms with Crippen LogP contribution in [0.3, 0.4) is 0 Å². The van der Waals surface area contributed by atoms with E-state index in [1.807, 2.05) is 37.4 Å². The highest BCUT2D eigenvalue weighted by Gasteiger charge is 2.02. The molecule has 0 radical (unpaired) electrons. The highest BCUT2D eigenvalue weighted by atomic mass is 19.1. The second-order valence-corrected chi connectivity index (χ2v) is 5.97. The molecule has 0 aliphatic carbocycles. The predicted octanol–water partition coefficient (Wildman–Crippen LogP) is 2.70. The maximum Gasteiger partial charge on any atom is 0.191 e. The van der Waals surface area contributed by atoms with Gasteiger partial charge < -0.3 is 10.6 Å². The third-order valence-corrected chi connectivity index (χ3v) is 3.91. The Morgan fingerprint density at radius 1 is 1.11 bits per heavy atom. The van der Waals surface area contributed by atoms with Crippen LogP contribution >= 0.6 is 0 Å². The molecule has 0 saturated carbocycles. The predicted molar refractivity (Wildman–Crippen MR) is 104 cm³/mol. The number of halogens is 1. The van der Waals surface area contributed by atoms with E-state index in [-0.39, 0.29) is 5.82 Å². The fraction of sp³-hybridized carbons (Fsp3) is 0.250. The van der Waals surface area contributed by atoms with Gasteiger partial charge in [0.2, 0.25) is 0 Å². The van der Waals surface area contributed by atoms with Gasteiger partial charge in [-0.2, -0.15) is 5.10 Å². The van der Waals surface area contributed by atoms with Gasteiger partial charge in [0.05, 0.1) is 6.54 Å². The standard InChI is InChI=1S/C20H23FN6/c1-2-22-20(24-11-7-16-5-3-6-18(21)13-16)25-15-17-8-10-23-19(14-17)27-12-4-9-26-27/h3-6,8-10,12-14H,2,7,11,15H2,1H3,(H2,22,24,25). The van der Waals surface area contributed by atoms with E-state index in [0.717, 1.165) is 35.9 Å². The van der Waals surface area contributed by atoms with Crippen molar-refractivity contribution in [3.05, 3.63) is 78.0 Å². The smallest absolute Gasteiger partial charge is 0.191 e. The summed E-state index contributed by atoms with van der Waals surface area (Å²) in [5.74, 6) is 1.28. The van der Waals surface area contributed by atoms with Crippen molar-refractivity contribution in [3.8, 4) is 5.82 Å². The Bertz CT molecular complexity index is 876. The molecule has 0 aliphatic rings. The summed E-state index contributed by atoms with van der Waals surface area (Å²) in [5.41, 5.74) is 1.99. The molecule has 6 nitrogen and oxygen atoms in total. The molecule has 0 atom stereocenters. The van der Waals surface area contributed by atoms with Gasteiger partial charge in [0, 0.05) is 31.7 Å². The summed E-state index contributed by atoms with van der Waals surface area (Å²) in [4.78, 5) is 8.94. The van der Waals surface area contributed by atoms with E-state index < -0.39 is 0 Å². The molecule has 7 heteroatoms. The average molecular weight is 366 g/mol. The van der Waals surface area contributed by atoms with Crippen LogP contribution in [0.15, 0.2) is 66.0 Å². The van der Waals surface area contributed by atoms with Crippen LogP contribution in [0.4, 0.5) is 4.39 Å². The molecular formula is C20H23FN6. The highest BCUT2D eigenvalue weighted by Crippen LogP contribution is 2.07. The molecule has 3 rings (SSSR count). The van der Waals surface area contributed by atoms with E-state index in [1.165, 1.54) is 6.07 Å². The lowest BCUT2D eigenvalue weighted by molar-refractivity contribution is 0.625. The number of nitrogens with zero attached hydrogens (tertiary/aromatic N) is 4. The molecule has 0 bridgehead atoms. The average Bonchev–Trinajstić information content (AvgIpc) is 3.21. The minimum Gasteiger partial charge on any atom is -0.357 e. The number of hydrogen-bond donors (Lipinski definition) is 2. The zero-order valence-corrected chi connectivity index (χ0v) is 15.3. The van der Waals surface area contributed by atoms with Crippen LogP contribution in [0.2, 0.25) is 0 Å². The number of benzene rings is 1. The Balaban J connectivity index is 1.59. The highest BCUT2D eigenvalue weighted by molar-refractivity contribution is 5.79. The number of guanidine groups is 1.